The molecular formula is C25H31N7O10S4. The number of esters is 1. The predicted octanol–water partition coefficient (Wildman–Crippen LogP) is 1.06. The number of nitrogens with zero attached hydrogens (tertiary/aromatic N) is 4. The zero-order valence-corrected chi connectivity index (χ0v) is 28.4. The zero-order chi connectivity index (χ0) is 34.2. The second-order valence-electron chi connectivity index (χ2n) is 11.6. The van der Waals surface area contributed by atoms with Crippen molar-refractivity contribution in [3.8, 4) is 0 Å². The van der Waals surface area contributed by atoms with Crippen LogP contribution in [0.1, 0.15) is 57.2 Å². The minimum absolute atomic E-state index is 0.0247. The molecule has 4 rings (SSSR count). The van der Waals surface area contributed by atoms with Crippen molar-refractivity contribution in [3.05, 3.63) is 21.7 Å². The van der Waals surface area contributed by atoms with Crippen LogP contribution in [-0.4, -0.2) is 105 Å². The first kappa shape index (κ1) is 35.2. The second-order valence-corrected chi connectivity index (χ2v) is 15.5. The van der Waals surface area contributed by atoms with E-state index < -0.39 is 74.6 Å². The lowest BCUT2D eigenvalue weighted by atomic mass is 9.89. The third kappa shape index (κ3) is 7.15. The topological polar surface area (TPSA) is 257 Å². The van der Waals surface area contributed by atoms with Crippen molar-refractivity contribution < 1.29 is 43.8 Å². The maximum Gasteiger partial charge on any atom is 0.353 e. The van der Waals surface area contributed by atoms with Gasteiger partial charge in [0.15, 0.2) is 10.7 Å². The molecule has 0 aromatic carbocycles. The van der Waals surface area contributed by atoms with Gasteiger partial charge in [-0.05, 0) is 34.1 Å². The van der Waals surface area contributed by atoms with Crippen LogP contribution >= 0.6 is 46.6 Å². The number of amides is 2. The summed E-state index contributed by atoms with van der Waals surface area (Å²) < 4.78 is 11.9. The lowest BCUT2D eigenvalue weighted by Crippen LogP contribution is -2.74. The number of anilines is 1. The van der Waals surface area contributed by atoms with E-state index in [-0.39, 0.29) is 39.6 Å². The van der Waals surface area contributed by atoms with Crippen LogP contribution in [0, 0.1) is 5.41 Å². The highest BCUT2D eigenvalue weighted by Crippen LogP contribution is 2.45. The number of β-lactam (4-membered cyclic amide) rings is 1. The average Bonchev–Trinajstić information content (AvgIpc) is 3.58. The number of hydrogen-bond donors (Lipinski definition) is 5. The Morgan fingerprint density at radius 3 is 2.50 bits per heavy atom. The van der Waals surface area contributed by atoms with E-state index in [4.69, 9.17) is 15.3 Å². The fourth-order valence-corrected chi connectivity index (χ4v) is 8.45. The van der Waals surface area contributed by atoms with Gasteiger partial charge in [-0.2, -0.15) is 9.36 Å². The molecule has 4 heterocycles. The zero-order valence-electron chi connectivity index (χ0n) is 25.1. The number of hydrogen-bond acceptors (Lipinski definition) is 16. The summed E-state index contributed by atoms with van der Waals surface area (Å²) in [6.45, 7) is 7.97. The molecule has 17 nitrogen and oxygen atoms in total. The molecule has 21 heteroatoms. The summed E-state index contributed by atoms with van der Waals surface area (Å²) in [5.41, 5.74) is 0.147. The van der Waals surface area contributed by atoms with E-state index in [1.54, 1.807) is 27.7 Å². The van der Waals surface area contributed by atoms with Crippen LogP contribution in [0.25, 0.3) is 0 Å². The van der Waals surface area contributed by atoms with Crippen LogP contribution < -0.4 is 16.6 Å². The molecule has 0 spiro atoms. The van der Waals surface area contributed by atoms with Gasteiger partial charge in [-0.3, -0.25) is 23.6 Å². The van der Waals surface area contributed by atoms with Crippen molar-refractivity contribution in [2.24, 2.45) is 10.6 Å². The number of nitrogen functional groups attached to an aromatic ring is 1. The monoisotopic (exact) mass is 717 g/mol. The first-order valence-corrected chi connectivity index (χ1v) is 17.2. The number of oxime groups is 1. The number of aromatic carboxylic acids is 1. The fraction of sp³-hybridized carbons (Fsp3) is 0.560. The van der Waals surface area contributed by atoms with Gasteiger partial charge in [0.2, 0.25) is 23.0 Å². The van der Waals surface area contributed by atoms with E-state index in [1.165, 1.54) is 11.8 Å². The molecule has 2 aromatic rings. The molecule has 2 aromatic heterocycles. The van der Waals surface area contributed by atoms with Gasteiger partial charge in [0, 0.05) is 29.6 Å². The molecule has 0 saturated carbocycles. The number of nitrogens with two attached hydrogens (primary N) is 1. The molecular weight excluding hydrogens is 687 g/mol. The van der Waals surface area contributed by atoms with E-state index in [1.807, 2.05) is 0 Å². The highest BCUT2D eigenvalue weighted by molar-refractivity contribution is 8.01. The van der Waals surface area contributed by atoms with E-state index in [9.17, 15) is 39.0 Å². The minimum Gasteiger partial charge on any atom is -0.481 e. The van der Waals surface area contributed by atoms with Gasteiger partial charge >= 0.3 is 17.9 Å². The average molecular weight is 718 g/mol. The molecule has 0 bridgehead atoms. The predicted molar refractivity (Wildman–Crippen MR) is 169 cm³/mol. The first-order valence-electron chi connectivity index (χ1n) is 13.5. The van der Waals surface area contributed by atoms with Crippen LogP contribution in [0.15, 0.2) is 14.2 Å². The Hall–Kier alpha value is -3.69. The molecule has 6 N–H and O–H groups in total. The third-order valence-electron chi connectivity index (χ3n) is 6.96. The molecule has 250 valence electrons. The number of carbonyl (C=O) groups is 5. The van der Waals surface area contributed by atoms with E-state index in [2.05, 4.69) is 24.2 Å². The van der Waals surface area contributed by atoms with Crippen molar-refractivity contribution in [2.75, 3.05) is 23.8 Å². The quantitative estimate of drug-likeness (QED) is 0.0676. The number of rotatable bonds is 12. The highest BCUT2D eigenvalue weighted by Gasteiger charge is 2.57. The van der Waals surface area contributed by atoms with Crippen LogP contribution in [0.5, 0.6) is 0 Å². The molecule has 4 atom stereocenters. The Balaban J connectivity index is 1.49. The van der Waals surface area contributed by atoms with Crippen LogP contribution in [-0.2, 0) is 28.8 Å². The number of carboxylic acids is 2. The van der Waals surface area contributed by atoms with Crippen LogP contribution in [0.4, 0.5) is 5.13 Å². The smallest absolute Gasteiger partial charge is 0.353 e. The molecule has 2 saturated heterocycles. The fourth-order valence-electron chi connectivity index (χ4n) is 4.19. The Bertz CT molecular complexity index is 1650. The molecule has 46 heavy (non-hydrogen) atoms. The van der Waals surface area contributed by atoms with Crippen LogP contribution in [0.3, 0.4) is 0 Å². The molecule has 2 amide bonds. The number of carbonyl (C=O) groups excluding carboxylic acids is 3. The molecule has 2 fully saturated rings. The first-order chi connectivity index (χ1) is 21.4. The number of ether oxygens (including phenoxy) is 1. The van der Waals surface area contributed by atoms with Crippen molar-refractivity contribution in [1.29, 1.82) is 0 Å². The molecule has 3 unspecified atom stereocenters. The Morgan fingerprint density at radius 2 is 1.93 bits per heavy atom. The van der Waals surface area contributed by atoms with E-state index >= 15 is 0 Å². The van der Waals surface area contributed by atoms with Crippen molar-refractivity contribution in [2.45, 2.75) is 67.9 Å². The minimum atomic E-state index is -1.58. The number of fused-ring (bicyclic) bond motifs is 1. The molecule has 2 aliphatic rings. The van der Waals surface area contributed by atoms with E-state index in [0.717, 1.165) is 46.6 Å². The molecule has 2 aliphatic heterocycles. The largest absolute Gasteiger partial charge is 0.481 e. The SMILES string of the molecule is CCC(C)(ON=C(C(=O)NC1C(=O)N2CC(CSc3s[nH]c(=O)c3C(=O)O)(C(=O)O)CS[C@H]12)c1nsc(N)n1)C(=O)OC(C)(C)C. The normalized spacial score (nSPS) is 22.7. The highest BCUT2D eigenvalue weighted by atomic mass is 32.2. The van der Waals surface area contributed by atoms with Gasteiger partial charge in [0.1, 0.15) is 22.4 Å². The molecule has 0 radical (unpaired) electrons. The number of aromatic nitrogens is 3. The summed E-state index contributed by atoms with van der Waals surface area (Å²) in [5, 5.41) is 25.4. The van der Waals surface area contributed by atoms with Crippen molar-refractivity contribution in [3.63, 3.8) is 0 Å². The Morgan fingerprint density at radius 1 is 1.24 bits per heavy atom. The summed E-state index contributed by atoms with van der Waals surface area (Å²) in [5.74, 6) is -5.09. The maximum atomic E-state index is 13.5. The van der Waals surface area contributed by atoms with Crippen LogP contribution in [0.2, 0.25) is 0 Å². The number of H-pyrrole nitrogens is 1. The van der Waals surface area contributed by atoms with Gasteiger partial charge in [-0.1, -0.05) is 23.6 Å². The third-order valence-corrected chi connectivity index (χ3v) is 11.5. The van der Waals surface area contributed by atoms with Gasteiger partial charge in [0.25, 0.3) is 11.5 Å². The number of nitrogens with one attached hydrogen (secondary N) is 2. The Labute approximate surface area is 278 Å². The second kappa shape index (κ2) is 13.2. The van der Waals surface area contributed by atoms with Gasteiger partial charge in [-0.15, -0.1) is 23.5 Å². The lowest BCUT2D eigenvalue weighted by Gasteiger charge is -2.53. The Kier molecular flexibility index (Phi) is 10.1. The van der Waals surface area contributed by atoms with Gasteiger partial charge < -0.3 is 35.7 Å². The lowest BCUT2D eigenvalue weighted by molar-refractivity contribution is -0.182. The summed E-state index contributed by atoms with van der Waals surface area (Å²) in [6, 6.07) is -1.06. The summed E-state index contributed by atoms with van der Waals surface area (Å²) in [6.07, 6.45) is 0.131. The van der Waals surface area contributed by atoms with Gasteiger partial charge in [0.05, 0.1) is 4.21 Å². The number of aliphatic carboxylic acids is 1. The maximum absolute atomic E-state index is 13.5. The number of thioether (sulfide) groups is 2. The summed E-state index contributed by atoms with van der Waals surface area (Å²) >= 11 is 3.62. The number of carboxylic acid groups (broad SMARTS) is 2. The number of aromatic amines is 1. The molecule has 0 aliphatic carbocycles. The standard InChI is InChI=1S/C25H31N7O10S4/c1-6-24(5,21(40)41-23(2,3)4)42-29-11(13-28-22(26)46-30-13)15(34)27-12-16(35)32-7-25(20(38)39,8-43-17(12)32)9-44-19-10(18(36)37)14(33)31-45-19/h12,17H,6-9H2,1-5H3,(H,27,34)(H,31,33)(H,36,37)(H,38,39)(H2,26,28,30)/t12?,17-,24?,25?/m1/s1. The van der Waals surface area contributed by atoms with E-state index in [0.29, 0.717) is 0 Å². The summed E-state index contributed by atoms with van der Waals surface area (Å²) in [7, 11) is 0. The van der Waals surface area contributed by atoms with Crippen molar-refractivity contribution >= 4 is 87.2 Å². The van der Waals surface area contributed by atoms with Gasteiger partial charge in [-0.25, -0.2) is 9.59 Å². The van der Waals surface area contributed by atoms with Crippen molar-refractivity contribution in [1.82, 2.24) is 23.9 Å². The summed E-state index contributed by atoms with van der Waals surface area (Å²) in [4.78, 5) is 86.1.